The first kappa shape index (κ1) is 17.3. The van der Waals surface area contributed by atoms with Gasteiger partial charge < -0.3 is 9.88 Å². The molecule has 0 saturated carbocycles. The van der Waals surface area contributed by atoms with Crippen LogP contribution in [0.1, 0.15) is 18.1 Å². The van der Waals surface area contributed by atoms with Crippen LogP contribution in [-0.4, -0.2) is 20.7 Å². The van der Waals surface area contributed by atoms with Crippen LogP contribution in [0.5, 0.6) is 0 Å². The van der Waals surface area contributed by atoms with E-state index in [9.17, 15) is 4.79 Å². The number of carbonyl (C=O) groups excluding carboxylic acids is 1. The SMILES string of the molecule is C[C@H](SCc1ccccc1)C(=O)NCc1ccccc1-n1ccnc1. The molecule has 25 heavy (non-hydrogen) atoms. The summed E-state index contributed by atoms with van der Waals surface area (Å²) in [7, 11) is 0. The number of hydrogen-bond acceptors (Lipinski definition) is 3. The van der Waals surface area contributed by atoms with Crippen LogP contribution >= 0.6 is 11.8 Å². The highest BCUT2D eigenvalue weighted by Gasteiger charge is 2.14. The Morgan fingerprint density at radius 1 is 1.16 bits per heavy atom. The molecule has 5 heteroatoms. The van der Waals surface area contributed by atoms with Crippen molar-refractivity contribution >= 4 is 17.7 Å². The van der Waals surface area contributed by atoms with Crippen molar-refractivity contribution in [3.05, 3.63) is 84.4 Å². The average Bonchev–Trinajstić information content (AvgIpc) is 3.20. The van der Waals surface area contributed by atoms with E-state index in [0.29, 0.717) is 6.54 Å². The third-order valence-electron chi connectivity index (χ3n) is 3.94. The van der Waals surface area contributed by atoms with Gasteiger partial charge in [0.05, 0.1) is 17.3 Å². The molecule has 3 rings (SSSR count). The molecule has 0 fully saturated rings. The Kier molecular flexibility index (Phi) is 5.90. The fraction of sp³-hybridized carbons (Fsp3) is 0.200. The number of hydrogen-bond donors (Lipinski definition) is 1. The van der Waals surface area contributed by atoms with Gasteiger partial charge in [-0.05, 0) is 24.1 Å². The van der Waals surface area contributed by atoms with Crippen LogP contribution in [0.25, 0.3) is 5.69 Å². The second-order valence-corrected chi connectivity index (χ2v) is 7.08. The largest absolute Gasteiger partial charge is 0.351 e. The molecule has 0 aliphatic heterocycles. The summed E-state index contributed by atoms with van der Waals surface area (Å²) >= 11 is 1.65. The maximum Gasteiger partial charge on any atom is 0.233 e. The number of nitrogens with one attached hydrogen (secondary N) is 1. The molecule has 128 valence electrons. The van der Waals surface area contributed by atoms with Crippen LogP contribution < -0.4 is 5.32 Å². The average molecular weight is 351 g/mol. The lowest BCUT2D eigenvalue weighted by Crippen LogP contribution is -2.30. The summed E-state index contributed by atoms with van der Waals surface area (Å²) in [6, 6.07) is 18.2. The highest BCUT2D eigenvalue weighted by molar-refractivity contribution is 7.99. The van der Waals surface area contributed by atoms with Gasteiger partial charge in [-0.25, -0.2) is 4.98 Å². The van der Waals surface area contributed by atoms with Gasteiger partial charge in [-0.2, -0.15) is 0 Å². The molecule has 0 spiro atoms. The predicted molar refractivity (Wildman–Crippen MR) is 103 cm³/mol. The molecule has 1 atom stereocenters. The lowest BCUT2D eigenvalue weighted by Gasteiger charge is -2.14. The number of thioether (sulfide) groups is 1. The first-order valence-electron chi connectivity index (χ1n) is 8.23. The minimum absolute atomic E-state index is 0.0568. The number of nitrogens with zero attached hydrogens (tertiary/aromatic N) is 2. The topological polar surface area (TPSA) is 46.9 Å². The number of para-hydroxylation sites is 1. The summed E-state index contributed by atoms with van der Waals surface area (Å²) in [6.07, 6.45) is 5.41. The van der Waals surface area contributed by atoms with Crippen molar-refractivity contribution < 1.29 is 4.79 Å². The molecule has 0 unspecified atom stereocenters. The monoisotopic (exact) mass is 351 g/mol. The Morgan fingerprint density at radius 3 is 2.68 bits per heavy atom. The molecule has 1 heterocycles. The quantitative estimate of drug-likeness (QED) is 0.704. The van der Waals surface area contributed by atoms with Crippen molar-refractivity contribution in [2.45, 2.75) is 24.5 Å². The van der Waals surface area contributed by atoms with E-state index in [1.807, 2.05) is 60.2 Å². The molecular weight excluding hydrogens is 330 g/mol. The highest BCUT2D eigenvalue weighted by atomic mass is 32.2. The van der Waals surface area contributed by atoms with Gasteiger partial charge in [0, 0.05) is 24.7 Å². The maximum atomic E-state index is 12.4. The van der Waals surface area contributed by atoms with Crippen molar-refractivity contribution in [1.29, 1.82) is 0 Å². The third kappa shape index (κ3) is 4.73. The maximum absolute atomic E-state index is 12.4. The van der Waals surface area contributed by atoms with Crippen LogP contribution in [0.4, 0.5) is 0 Å². The van der Waals surface area contributed by atoms with Crippen molar-refractivity contribution in [2.75, 3.05) is 0 Å². The molecule has 0 saturated heterocycles. The molecule has 4 nitrogen and oxygen atoms in total. The van der Waals surface area contributed by atoms with E-state index in [-0.39, 0.29) is 11.2 Å². The predicted octanol–water partition coefficient (Wildman–Crippen LogP) is 3.81. The Hall–Kier alpha value is -2.53. The smallest absolute Gasteiger partial charge is 0.233 e. The lowest BCUT2D eigenvalue weighted by atomic mass is 10.1. The van der Waals surface area contributed by atoms with Gasteiger partial charge in [-0.1, -0.05) is 48.5 Å². The molecule has 0 aliphatic rings. The number of amides is 1. The molecule has 0 bridgehead atoms. The number of benzene rings is 2. The van der Waals surface area contributed by atoms with Gasteiger partial charge >= 0.3 is 0 Å². The van der Waals surface area contributed by atoms with Crippen molar-refractivity contribution in [1.82, 2.24) is 14.9 Å². The third-order valence-corrected chi connectivity index (χ3v) is 5.15. The fourth-order valence-electron chi connectivity index (χ4n) is 2.51. The zero-order chi connectivity index (χ0) is 17.5. The summed E-state index contributed by atoms with van der Waals surface area (Å²) in [4.78, 5) is 16.5. The molecule has 2 aromatic carbocycles. The van der Waals surface area contributed by atoms with E-state index >= 15 is 0 Å². The van der Waals surface area contributed by atoms with E-state index in [0.717, 1.165) is 17.0 Å². The number of carbonyl (C=O) groups is 1. The molecular formula is C20H21N3OS. The molecule has 1 N–H and O–H groups in total. The van der Waals surface area contributed by atoms with Gasteiger partial charge in [0.25, 0.3) is 0 Å². The Labute approximate surface area is 152 Å². The Morgan fingerprint density at radius 2 is 1.92 bits per heavy atom. The summed E-state index contributed by atoms with van der Waals surface area (Å²) in [5, 5.41) is 2.95. The standard InChI is InChI=1S/C20H21N3OS/c1-16(25-14-17-7-3-2-4-8-17)20(24)22-13-18-9-5-6-10-19(18)23-12-11-21-15-23/h2-12,15-16H,13-14H2,1H3,(H,22,24)/t16-/m0/s1. The Balaban J connectivity index is 1.56. The van der Waals surface area contributed by atoms with Gasteiger partial charge in [0.15, 0.2) is 0 Å². The van der Waals surface area contributed by atoms with E-state index in [2.05, 4.69) is 22.4 Å². The number of imidazole rings is 1. The summed E-state index contributed by atoms with van der Waals surface area (Å²) in [6.45, 7) is 2.45. The van der Waals surface area contributed by atoms with Crippen LogP contribution in [0.3, 0.4) is 0 Å². The minimum Gasteiger partial charge on any atom is -0.351 e. The molecule has 1 aromatic heterocycles. The van der Waals surface area contributed by atoms with Crippen LogP contribution in [0.2, 0.25) is 0 Å². The zero-order valence-electron chi connectivity index (χ0n) is 14.1. The van der Waals surface area contributed by atoms with Crippen molar-refractivity contribution in [3.8, 4) is 5.69 Å². The highest BCUT2D eigenvalue weighted by Crippen LogP contribution is 2.18. The summed E-state index contributed by atoms with van der Waals surface area (Å²) in [5.74, 6) is 0.891. The van der Waals surface area contributed by atoms with Crippen LogP contribution in [0, 0.1) is 0 Å². The first-order valence-corrected chi connectivity index (χ1v) is 9.28. The van der Waals surface area contributed by atoms with Crippen LogP contribution in [-0.2, 0) is 17.1 Å². The molecule has 1 amide bonds. The van der Waals surface area contributed by atoms with Crippen LogP contribution in [0.15, 0.2) is 73.3 Å². The van der Waals surface area contributed by atoms with E-state index in [4.69, 9.17) is 0 Å². The van der Waals surface area contributed by atoms with Gasteiger partial charge in [-0.15, -0.1) is 11.8 Å². The van der Waals surface area contributed by atoms with Gasteiger partial charge in [0.2, 0.25) is 5.91 Å². The molecule has 0 aliphatic carbocycles. The molecule has 0 radical (unpaired) electrons. The summed E-state index contributed by atoms with van der Waals surface area (Å²) < 4.78 is 1.95. The number of aromatic nitrogens is 2. The van der Waals surface area contributed by atoms with Crippen molar-refractivity contribution in [2.24, 2.45) is 0 Å². The second-order valence-electron chi connectivity index (χ2n) is 5.76. The van der Waals surface area contributed by atoms with E-state index < -0.39 is 0 Å². The second kappa shape index (κ2) is 8.53. The lowest BCUT2D eigenvalue weighted by molar-refractivity contribution is -0.120. The minimum atomic E-state index is -0.0967. The normalized spacial score (nSPS) is 11.9. The van der Waals surface area contributed by atoms with E-state index in [1.165, 1.54) is 5.56 Å². The first-order chi connectivity index (χ1) is 12.2. The van der Waals surface area contributed by atoms with Crippen molar-refractivity contribution in [3.63, 3.8) is 0 Å². The Bertz CT molecular complexity index is 803. The zero-order valence-corrected chi connectivity index (χ0v) is 14.9. The van der Waals surface area contributed by atoms with E-state index in [1.54, 1.807) is 24.3 Å². The number of rotatable bonds is 7. The van der Waals surface area contributed by atoms with Gasteiger partial charge in [0.1, 0.15) is 0 Å². The van der Waals surface area contributed by atoms with Gasteiger partial charge in [-0.3, -0.25) is 4.79 Å². The molecule has 3 aromatic rings. The fourth-order valence-corrected chi connectivity index (χ4v) is 3.38. The summed E-state index contributed by atoms with van der Waals surface area (Å²) in [5.41, 5.74) is 3.33.